The van der Waals surface area contributed by atoms with Crippen LogP contribution >= 0.6 is 0 Å². The third-order valence-electron chi connectivity index (χ3n) is 2.40. The highest BCUT2D eigenvalue weighted by Crippen LogP contribution is 2.22. The van der Waals surface area contributed by atoms with Gasteiger partial charge in [0.15, 0.2) is 0 Å². The molecule has 1 N–H and O–H groups in total. The van der Waals surface area contributed by atoms with E-state index in [2.05, 4.69) is 15.5 Å². The number of nitro benzene ring substituents is 1. The average Bonchev–Trinajstić information content (AvgIpc) is 2.86. The Bertz CT molecular complexity index is 702. The van der Waals surface area contributed by atoms with E-state index in [4.69, 9.17) is 5.26 Å². The van der Waals surface area contributed by atoms with Crippen LogP contribution in [0.1, 0.15) is 5.82 Å². The third-order valence-corrected chi connectivity index (χ3v) is 2.40. The highest BCUT2D eigenvalue weighted by molar-refractivity contribution is 5.92. The van der Waals surface area contributed by atoms with E-state index in [9.17, 15) is 14.9 Å². The fourth-order valence-electron chi connectivity index (χ4n) is 1.54. The van der Waals surface area contributed by atoms with E-state index < -0.39 is 10.8 Å². The number of hydrogen-bond acceptors (Lipinski definition) is 6. The molecule has 1 aromatic heterocycles. The van der Waals surface area contributed by atoms with E-state index in [1.54, 1.807) is 12.1 Å². The van der Waals surface area contributed by atoms with E-state index in [0.717, 1.165) is 0 Å². The normalized spacial score (nSPS) is 9.75. The fourth-order valence-corrected chi connectivity index (χ4v) is 1.54. The molecule has 0 radical (unpaired) electrons. The number of carbonyl (C=O) groups excluding carboxylic acids is 1. The Hall–Kier alpha value is -3.28. The number of nitrogens with one attached hydrogen (secondary N) is 1. The molecule has 0 bridgehead atoms. The topological polar surface area (TPSA) is 127 Å². The third kappa shape index (κ3) is 2.75. The van der Waals surface area contributed by atoms with Crippen molar-refractivity contribution in [2.45, 2.75) is 6.54 Å². The summed E-state index contributed by atoms with van der Waals surface area (Å²) in [6, 6.07) is 7.56. The van der Waals surface area contributed by atoms with Crippen molar-refractivity contribution in [1.82, 2.24) is 14.8 Å². The minimum absolute atomic E-state index is 0.0114. The van der Waals surface area contributed by atoms with Gasteiger partial charge in [-0.25, -0.2) is 0 Å². The summed E-state index contributed by atoms with van der Waals surface area (Å²) >= 11 is 0. The van der Waals surface area contributed by atoms with Gasteiger partial charge in [0.25, 0.3) is 5.69 Å². The van der Waals surface area contributed by atoms with Gasteiger partial charge in [-0.15, -0.1) is 10.2 Å². The van der Waals surface area contributed by atoms with Crippen LogP contribution in [0.15, 0.2) is 30.6 Å². The van der Waals surface area contributed by atoms with Crippen molar-refractivity contribution in [1.29, 1.82) is 5.26 Å². The van der Waals surface area contributed by atoms with Crippen LogP contribution in [0.3, 0.4) is 0 Å². The Kier molecular flexibility index (Phi) is 3.67. The first-order valence-electron chi connectivity index (χ1n) is 5.43. The standard InChI is InChI=1S/C11H8N6O3/c12-5-10-15-13-7-16(10)6-11(18)14-8-3-1-2-4-9(8)17(19)20/h1-4,7H,6H2,(H,14,18). The quantitative estimate of drug-likeness (QED) is 0.644. The maximum absolute atomic E-state index is 11.8. The average molecular weight is 272 g/mol. The molecular weight excluding hydrogens is 264 g/mol. The van der Waals surface area contributed by atoms with Crippen molar-refractivity contribution >= 4 is 17.3 Å². The van der Waals surface area contributed by atoms with Gasteiger partial charge < -0.3 is 5.32 Å². The highest BCUT2D eigenvalue weighted by atomic mass is 16.6. The molecule has 9 heteroatoms. The molecule has 0 atom stereocenters. The molecule has 2 rings (SSSR count). The van der Waals surface area contributed by atoms with Crippen molar-refractivity contribution in [2.24, 2.45) is 0 Å². The van der Waals surface area contributed by atoms with Crippen LogP contribution in [-0.4, -0.2) is 25.6 Å². The van der Waals surface area contributed by atoms with E-state index in [1.165, 1.54) is 29.1 Å². The van der Waals surface area contributed by atoms with Crippen molar-refractivity contribution in [2.75, 3.05) is 5.32 Å². The fraction of sp³-hybridized carbons (Fsp3) is 0.0909. The zero-order chi connectivity index (χ0) is 14.5. The summed E-state index contributed by atoms with van der Waals surface area (Å²) in [4.78, 5) is 22.0. The molecule has 0 aliphatic carbocycles. The summed E-state index contributed by atoms with van der Waals surface area (Å²) in [7, 11) is 0. The number of carbonyl (C=O) groups is 1. The number of hydrogen-bond donors (Lipinski definition) is 1. The molecule has 0 fully saturated rings. The van der Waals surface area contributed by atoms with Gasteiger partial charge in [0.2, 0.25) is 11.7 Å². The minimum Gasteiger partial charge on any atom is -0.319 e. The van der Waals surface area contributed by atoms with Crippen molar-refractivity contribution in [3.05, 3.63) is 46.5 Å². The maximum atomic E-state index is 11.8. The number of amides is 1. The van der Waals surface area contributed by atoms with E-state index in [1.807, 2.05) is 0 Å². The molecule has 1 aromatic carbocycles. The van der Waals surface area contributed by atoms with E-state index >= 15 is 0 Å². The Morgan fingerprint density at radius 3 is 2.95 bits per heavy atom. The number of nitro groups is 1. The molecule has 2 aromatic rings. The summed E-state index contributed by atoms with van der Waals surface area (Å²) in [5.74, 6) is -0.529. The first-order valence-corrected chi connectivity index (χ1v) is 5.43. The van der Waals surface area contributed by atoms with Crippen LogP contribution in [0.4, 0.5) is 11.4 Å². The van der Waals surface area contributed by atoms with Crippen LogP contribution in [0.2, 0.25) is 0 Å². The van der Waals surface area contributed by atoms with E-state index in [-0.39, 0.29) is 23.7 Å². The lowest BCUT2D eigenvalue weighted by molar-refractivity contribution is -0.383. The Labute approximate surface area is 112 Å². The van der Waals surface area contributed by atoms with Crippen molar-refractivity contribution in [3.8, 4) is 6.07 Å². The highest BCUT2D eigenvalue weighted by Gasteiger charge is 2.15. The molecule has 20 heavy (non-hydrogen) atoms. The Balaban J connectivity index is 2.13. The van der Waals surface area contributed by atoms with Gasteiger partial charge in [0, 0.05) is 6.07 Å². The van der Waals surface area contributed by atoms with Gasteiger partial charge in [0.1, 0.15) is 24.6 Å². The molecule has 1 amide bonds. The lowest BCUT2D eigenvalue weighted by atomic mass is 10.2. The van der Waals surface area contributed by atoms with Crippen molar-refractivity contribution in [3.63, 3.8) is 0 Å². The number of anilines is 1. The van der Waals surface area contributed by atoms with Crippen LogP contribution in [0.5, 0.6) is 0 Å². The number of rotatable bonds is 4. The molecule has 0 aliphatic heterocycles. The molecule has 9 nitrogen and oxygen atoms in total. The van der Waals surface area contributed by atoms with Crippen LogP contribution in [-0.2, 0) is 11.3 Å². The molecule has 0 spiro atoms. The zero-order valence-corrected chi connectivity index (χ0v) is 10.1. The molecular formula is C11H8N6O3. The number of benzene rings is 1. The van der Waals surface area contributed by atoms with E-state index in [0.29, 0.717) is 0 Å². The summed E-state index contributed by atoms with van der Waals surface area (Å²) in [6.45, 7) is -0.206. The number of nitriles is 1. The largest absolute Gasteiger partial charge is 0.319 e. The summed E-state index contributed by atoms with van der Waals surface area (Å²) < 4.78 is 1.24. The predicted octanol–water partition coefficient (Wildman–Crippen LogP) is 0.697. The lowest BCUT2D eigenvalue weighted by Gasteiger charge is -2.06. The van der Waals surface area contributed by atoms with Crippen LogP contribution in [0, 0.1) is 21.4 Å². The zero-order valence-electron chi connectivity index (χ0n) is 10.1. The second-order valence-corrected chi connectivity index (χ2v) is 3.72. The van der Waals surface area contributed by atoms with Gasteiger partial charge in [-0.2, -0.15) is 5.26 Å². The molecule has 0 saturated carbocycles. The second kappa shape index (κ2) is 5.57. The first kappa shape index (κ1) is 13.2. The van der Waals surface area contributed by atoms with Gasteiger partial charge >= 0.3 is 0 Å². The SMILES string of the molecule is N#Cc1nncn1CC(=O)Nc1ccccc1[N+](=O)[O-]. The van der Waals surface area contributed by atoms with Gasteiger partial charge in [-0.05, 0) is 6.07 Å². The maximum Gasteiger partial charge on any atom is 0.292 e. The van der Waals surface area contributed by atoms with Crippen molar-refractivity contribution < 1.29 is 9.72 Å². The van der Waals surface area contributed by atoms with Crippen LogP contribution < -0.4 is 5.32 Å². The van der Waals surface area contributed by atoms with Gasteiger partial charge in [-0.3, -0.25) is 19.5 Å². The van der Waals surface area contributed by atoms with Gasteiger partial charge in [0.05, 0.1) is 4.92 Å². The van der Waals surface area contributed by atoms with Crippen LogP contribution in [0.25, 0.3) is 0 Å². The van der Waals surface area contributed by atoms with Gasteiger partial charge in [-0.1, -0.05) is 12.1 Å². The first-order chi connectivity index (χ1) is 9.61. The molecule has 0 saturated heterocycles. The molecule has 100 valence electrons. The minimum atomic E-state index is -0.588. The second-order valence-electron chi connectivity index (χ2n) is 3.72. The summed E-state index contributed by atoms with van der Waals surface area (Å²) in [6.07, 6.45) is 1.23. The molecule has 0 aliphatic rings. The predicted molar refractivity (Wildman–Crippen MR) is 66.5 cm³/mol. The monoisotopic (exact) mass is 272 g/mol. The lowest BCUT2D eigenvalue weighted by Crippen LogP contribution is -2.19. The smallest absolute Gasteiger partial charge is 0.292 e. The molecule has 1 heterocycles. The number of para-hydroxylation sites is 2. The number of nitrogens with zero attached hydrogens (tertiary/aromatic N) is 5. The summed E-state index contributed by atoms with van der Waals surface area (Å²) in [5.41, 5.74) is -0.112. The summed E-state index contributed by atoms with van der Waals surface area (Å²) in [5, 5.41) is 29.0. The Morgan fingerprint density at radius 1 is 1.50 bits per heavy atom. The Morgan fingerprint density at radius 2 is 2.25 bits per heavy atom. The number of aromatic nitrogens is 3. The molecule has 0 unspecified atom stereocenters.